The number of carbonyl (C=O) groups excluding carboxylic acids is 1. The van der Waals surface area contributed by atoms with E-state index >= 15 is 0 Å². The Bertz CT molecular complexity index is 304. The highest BCUT2D eigenvalue weighted by atomic mass is 16.5. The molecular formula is C12H22N2O5. The lowest BCUT2D eigenvalue weighted by molar-refractivity contribution is -0.139. The van der Waals surface area contributed by atoms with Crippen LogP contribution in [0.1, 0.15) is 26.2 Å². The molecule has 1 aliphatic rings. The van der Waals surface area contributed by atoms with E-state index in [0.717, 1.165) is 12.8 Å². The van der Waals surface area contributed by atoms with Gasteiger partial charge in [0.2, 0.25) is 0 Å². The van der Waals surface area contributed by atoms with Crippen molar-refractivity contribution in [2.75, 3.05) is 20.3 Å². The molecule has 1 rings (SSSR count). The standard InChI is InChI=1S/C12H22N2O5/c1-3-19-9-6-8(7-9)13-12(17)14-10(11(15)16)4-5-18-2/h8-10H,3-7H2,1-2H3,(H,15,16)(H2,13,14,17). The fourth-order valence-electron chi connectivity index (χ4n) is 1.93. The minimum atomic E-state index is -1.06. The van der Waals surface area contributed by atoms with Crippen LogP contribution in [0.4, 0.5) is 4.79 Å². The Morgan fingerprint density at radius 3 is 2.63 bits per heavy atom. The molecule has 7 nitrogen and oxygen atoms in total. The summed E-state index contributed by atoms with van der Waals surface area (Å²) in [5, 5.41) is 14.1. The predicted molar refractivity (Wildman–Crippen MR) is 68.0 cm³/mol. The molecule has 1 fully saturated rings. The number of hydrogen-bond acceptors (Lipinski definition) is 4. The van der Waals surface area contributed by atoms with Gasteiger partial charge in [0, 0.05) is 32.8 Å². The van der Waals surface area contributed by atoms with Crippen LogP contribution in [0.25, 0.3) is 0 Å². The van der Waals surface area contributed by atoms with Gasteiger partial charge in [-0.25, -0.2) is 9.59 Å². The number of hydrogen-bond donors (Lipinski definition) is 3. The Morgan fingerprint density at radius 2 is 2.11 bits per heavy atom. The van der Waals surface area contributed by atoms with Crippen LogP contribution in [-0.4, -0.2) is 55.6 Å². The van der Waals surface area contributed by atoms with Crippen LogP contribution >= 0.6 is 0 Å². The van der Waals surface area contributed by atoms with Crippen LogP contribution < -0.4 is 10.6 Å². The first-order valence-electron chi connectivity index (χ1n) is 6.47. The summed E-state index contributed by atoms with van der Waals surface area (Å²) in [5.74, 6) is -1.06. The molecule has 0 aliphatic heterocycles. The highest BCUT2D eigenvalue weighted by Crippen LogP contribution is 2.22. The molecule has 0 aromatic heterocycles. The van der Waals surface area contributed by atoms with Gasteiger partial charge in [-0.2, -0.15) is 0 Å². The molecule has 1 unspecified atom stereocenters. The van der Waals surface area contributed by atoms with Gasteiger partial charge in [-0.1, -0.05) is 0 Å². The van der Waals surface area contributed by atoms with Gasteiger partial charge in [0.25, 0.3) is 0 Å². The number of nitrogens with one attached hydrogen (secondary N) is 2. The van der Waals surface area contributed by atoms with E-state index in [2.05, 4.69) is 10.6 Å². The quantitative estimate of drug-likeness (QED) is 0.593. The SMILES string of the molecule is CCOC1CC(NC(=O)NC(CCOC)C(=O)O)C1. The van der Waals surface area contributed by atoms with Crippen LogP contribution in [0.3, 0.4) is 0 Å². The number of amides is 2. The summed E-state index contributed by atoms with van der Waals surface area (Å²) in [7, 11) is 1.49. The summed E-state index contributed by atoms with van der Waals surface area (Å²) in [5.41, 5.74) is 0. The molecule has 0 aromatic rings. The largest absolute Gasteiger partial charge is 0.480 e. The maximum absolute atomic E-state index is 11.6. The molecule has 0 heterocycles. The second-order valence-corrected chi connectivity index (χ2v) is 4.54. The van der Waals surface area contributed by atoms with Crippen molar-refractivity contribution in [1.82, 2.24) is 10.6 Å². The van der Waals surface area contributed by atoms with E-state index in [-0.39, 0.29) is 25.2 Å². The molecule has 0 spiro atoms. The number of carboxylic acids is 1. The molecule has 2 amide bonds. The van der Waals surface area contributed by atoms with Gasteiger partial charge in [0.05, 0.1) is 6.10 Å². The van der Waals surface area contributed by atoms with Crippen molar-refractivity contribution < 1.29 is 24.2 Å². The first-order valence-corrected chi connectivity index (χ1v) is 6.47. The average Bonchev–Trinajstić information content (AvgIpc) is 2.31. The van der Waals surface area contributed by atoms with Gasteiger partial charge in [0.15, 0.2) is 0 Å². The zero-order valence-electron chi connectivity index (χ0n) is 11.3. The molecule has 0 bridgehead atoms. The number of ether oxygens (including phenoxy) is 2. The zero-order chi connectivity index (χ0) is 14.3. The van der Waals surface area contributed by atoms with Crippen molar-refractivity contribution in [3.63, 3.8) is 0 Å². The maximum atomic E-state index is 11.6. The summed E-state index contributed by atoms with van der Waals surface area (Å²) in [4.78, 5) is 22.6. The second-order valence-electron chi connectivity index (χ2n) is 4.54. The highest BCUT2D eigenvalue weighted by Gasteiger charge is 2.31. The van der Waals surface area contributed by atoms with E-state index in [1.165, 1.54) is 7.11 Å². The fourth-order valence-corrected chi connectivity index (χ4v) is 1.93. The minimum absolute atomic E-state index is 0.0634. The second kappa shape index (κ2) is 7.96. The van der Waals surface area contributed by atoms with E-state index in [4.69, 9.17) is 14.6 Å². The maximum Gasteiger partial charge on any atom is 0.326 e. The summed E-state index contributed by atoms with van der Waals surface area (Å²) in [6.07, 6.45) is 2.00. The van der Waals surface area contributed by atoms with Crippen LogP contribution in [0.5, 0.6) is 0 Å². The number of rotatable bonds is 8. The van der Waals surface area contributed by atoms with E-state index in [0.29, 0.717) is 6.61 Å². The normalized spacial score (nSPS) is 23.3. The van der Waals surface area contributed by atoms with Gasteiger partial charge in [-0.15, -0.1) is 0 Å². The molecule has 110 valence electrons. The monoisotopic (exact) mass is 274 g/mol. The molecule has 1 aliphatic carbocycles. The summed E-state index contributed by atoms with van der Waals surface area (Å²) in [6, 6.07) is -1.32. The van der Waals surface area contributed by atoms with Crippen molar-refractivity contribution >= 4 is 12.0 Å². The molecule has 3 N–H and O–H groups in total. The molecule has 0 radical (unpaired) electrons. The van der Waals surface area contributed by atoms with Gasteiger partial charge < -0.3 is 25.2 Å². The number of methoxy groups -OCH3 is 1. The van der Waals surface area contributed by atoms with Crippen LogP contribution in [0, 0.1) is 0 Å². The lowest BCUT2D eigenvalue weighted by Gasteiger charge is -2.35. The van der Waals surface area contributed by atoms with Crippen molar-refractivity contribution in [2.24, 2.45) is 0 Å². The third-order valence-corrected chi connectivity index (χ3v) is 3.05. The third kappa shape index (κ3) is 5.44. The van der Waals surface area contributed by atoms with Crippen LogP contribution in [0.2, 0.25) is 0 Å². The number of carboxylic acid groups (broad SMARTS) is 1. The Hall–Kier alpha value is -1.34. The molecule has 19 heavy (non-hydrogen) atoms. The number of aliphatic carboxylic acids is 1. The smallest absolute Gasteiger partial charge is 0.326 e. The third-order valence-electron chi connectivity index (χ3n) is 3.05. The summed E-state index contributed by atoms with van der Waals surface area (Å²) < 4.78 is 10.2. The van der Waals surface area contributed by atoms with Crippen molar-refractivity contribution in [1.29, 1.82) is 0 Å². The first-order chi connectivity index (χ1) is 9.06. The van der Waals surface area contributed by atoms with Gasteiger partial charge in [-0.05, 0) is 19.8 Å². The lowest BCUT2D eigenvalue weighted by atomic mass is 9.89. The Kier molecular flexibility index (Phi) is 6.58. The topological polar surface area (TPSA) is 96.9 Å². The van der Waals surface area contributed by atoms with Gasteiger partial charge >= 0.3 is 12.0 Å². The molecule has 0 aromatic carbocycles. The molecule has 1 atom stereocenters. The van der Waals surface area contributed by atoms with Crippen molar-refractivity contribution in [3.05, 3.63) is 0 Å². The van der Waals surface area contributed by atoms with Gasteiger partial charge in [-0.3, -0.25) is 0 Å². The molecular weight excluding hydrogens is 252 g/mol. The van der Waals surface area contributed by atoms with E-state index in [9.17, 15) is 9.59 Å². The number of urea groups is 1. The number of carbonyl (C=O) groups is 2. The van der Waals surface area contributed by atoms with Gasteiger partial charge in [0.1, 0.15) is 6.04 Å². The minimum Gasteiger partial charge on any atom is -0.480 e. The molecule has 7 heteroatoms. The highest BCUT2D eigenvalue weighted by molar-refractivity contribution is 5.82. The Balaban J connectivity index is 2.24. The van der Waals surface area contributed by atoms with E-state index in [1.54, 1.807) is 0 Å². The van der Waals surface area contributed by atoms with E-state index < -0.39 is 18.0 Å². The Labute approximate surface area is 112 Å². The fraction of sp³-hybridized carbons (Fsp3) is 0.833. The molecule has 1 saturated carbocycles. The van der Waals surface area contributed by atoms with Crippen LogP contribution in [-0.2, 0) is 14.3 Å². The lowest BCUT2D eigenvalue weighted by Crippen LogP contribution is -2.54. The van der Waals surface area contributed by atoms with Crippen molar-refractivity contribution in [3.8, 4) is 0 Å². The average molecular weight is 274 g/mol. The van der Waals surface area contributed by atoms with Crippen molar-refractivity contribution in [2.45, 2.75) is 44.4 Å². The first kappa shape index (κ1) is 15.7. The zero-order valence-corrected chi connectivity index (χ0v) is 11.3. The summed E-state index contributed by atoms with van der Waals surface area (Å²) >= 11 is 0. The Morgan fingerprint density at radius 1 is 1.42 bits per heavy atom. The van der Waals surface area contributed by atoms with E-state index in [1.807, 2.05) is 6.92 Å². The summed E-state index contributed by atoms with van der Waals surface area (Å²) in [6.45, 7) is 2.88. The molecule has 0 saturated heterocycles. The van der Waals surface area contributed by atoms with Crippen LogP contribution in [0.15, 0.2) is 0 Å². The predicted octanol–water partition coefficient (Wildman–Crippen LogP) is 0.343.